The van der Waals surface area contributed by atoms with E-state index in [2.05, 4.69) is 45.0 Å². The fourth-order valence-corrected chi connectivity index (χ4v) is 8.95. The van der Waals surface area contributed by atoms with Gasteiger partial charge in [-0.3, -0.25) is 0 Å². The fourth-order valence-electron chi connectivity index (χ4n) is 3.22. The normalized spacial score (nSPS) is 22.5. The van der Waals surface area contributed by atoms with Crippen LogP contribution in [0, 0.1) is 6.92 Å². The van der Waals surface area contributed by atoms with E-state index in [1.807, 2.05) is 0 Å². The molecule has 5 N–H and O–H groups in total. The average Bonchev–Trinajstić information content (AvgIpc) is 3.23. The fraction of sp³-hybridized carbons (Fsp3) is 0.765. The molecule has 1 radical (unpaired) electrons. The summed E-state index contributed by atoms with van der Waals surface area (Å²) in [5.41, 5.74) is 13.9. The van der Waals surface area contributed by atoms with E-state index in [4.69, 9.17) is 30.3 Å². The predicted octanol–water partition coefficient (Wildman–Crippen LogP) is 2.67. The van der Waals surface area contributed by atoms with E-state index in [1.165, 1.54) is 25.8 Å². The number of hydrogen-bond acceptors (Lipinski definition) is 11. The van der Waals surface area contributed by atoms with Crippen molar-refractivity contribution in [1.29, 1.82) is 0 Å². The number of hydrogen-bond donors (Lipinski definition) is 4. The first-order chi connectivity index (χ1) is 18.3. The van der Waals surface area contributed by atoms with Crippen LogP contribution in [0.25, 0.3) is 10.4 Å². The zero-order chi connectivity index (χ0) is 31.1. The molecule has 40 heavy (non-hydrogen) atoms. The first-order valence-electron chi connectivity index (χ1n) is 11.5. The third-order valence-corrected chi connectivity index (χ3v) is 12.5. The van der Waals surface area contributed by atoms with Crippen molar-refractivity contribution in [2.75, 3.05) is 32.0 Å². The number of anilines is 1. The van der Waals surface area contributed by atoms with Gasteiger partial charge in [-0.15, -0.1) is 0 Å². The number of ether oxygens (including phenoxy) is 1. The van der Waals surface area contributed by atoms with Gasteiger partial charge in [-0.05, 0) is 19.6 Å². The molecule has 1 fully saturated rings. The van der Waals surface area contributed by atoms with E-state index in [0.29, 0.717) is 5.56 Å². The summed E-state index contributed by atoms with van der Waals surface area (Å²) in [4.78, 5) is 47.1. The van der Waals surface area contributed by atoms with Crippen LogP contribution in [0.15, 0.2) is 16.1 Å². The third-order valence-electron chi connectivity index (χ3n) is 5.53. The summed E-state index contributed by atoms with van der Waals surface area (Å²) >= 11 is 1.62. The molecule has 229 valence electrons. The molecule has 1 aromatic rings. The van der Waals surface area contributed by atoms with Gasteiger partial charge < -0.3 is 4.90 Å². The quantitative estimate of drug-likeness (QED) is 0.0804. The van der Waals surface area contributed by atoms with E-state index >= 15 is 0 Å². The SMILES string of the molecule is CCN(CC)CC.Cc1cn([C@H]2C[C@H](N=[N+]=[N-])[C@@H](COP(=O)([Se])OP(=O)(O)C(F)(F)P(=O)(O)O)O2)c(=O)nc1N. The van der Waals surface area contributed by atoms with Gasteiger partial charge in [0.15, 0.2) is 0 Å². The molecule has 0 aromatic carbocycles. The van der Waals surface area contributed by atoms with Gasteiger partial charge in [0.25, 0.3) is 0 Å². The van der Waals surface area contributed by atoms with Gasteiger partial charge in [0, 0.05) is 0 Å². The number of halogens is 2. The van der Waals surface area contributed by atoms with Crippen molar-refractivity contribution in [3.8, 4) is 0 Å². The molecule has 17 nitrogen and oxygen atoms in total. The van der Waals surface area contributed by atoms with Crippen molar-refractivity contribution in [1.82, 2.24) is 14.5 Å². The van der Waals surface area contributed by atoms with Gasteiger partial charge in [0.05, 0.1) is 0 Å². The van der Waals surface area contributed by atoms with Crippen LogP contribution in [-0.4, -0.2) is 88.5 Å². The molecule has 5 atom stereocenters. The molecule has 2 heterocycles. The van der Waals surface area contributed by atoms with Crippen molar-refractivity contribution < 1.29 is 50.7 Å². The van der Waals surface area contributed by atoms with Gasteiger partial charge in [-0.1, -0.05) is 20.8 Å². The molecule has 0 spiro atoms. The van der Waals surface area contributed by atoms with Crippen LogP contribution in [0.1, 0.15) is 39.0 Å². The Hall–Kier alpha value is -1.22. The summed E-state index contributed by atoms with van der Waals surface area (Å²) in [6.07, 6.45) is -6.06. The van der Waals surface area contributed by atoms with Crippen LogP contribution < -0.4 is 11.4 Å². The van der Waals surface area contributed by atoms with Crippen molar-refractivity contribution in [2.24, 2.45) is 5.11 Å². The Labute approximate surface area is 235 Å². The standard InChI is InChI=1S/C11H16F2N6O10P3Se.C6H15N/c1-5-3-19(10(20)16-9(5)14)8-2-6(17-18-15)7(28-8)4-27-32(26,33)29-31(24,25)11(12,13)30(21,22)23;1-4-7(5-2)6-3/h3,6-8H,2,4H2,1H3,(H,24,25)(H2,14,16,20)(H2,21,22,23);4-6H2,1-3H3/t6-,7+,8+,32?;/m0./s1. The molecule has 2 unspecified atom stereocenters. The third kappa shape index (κ3) is 9.67. The van der Waals surface area contributed by atoms with E-state index in [0.717, 1.165) is 4.57 Å². The van der Waals surface area contributed by atoms with Crippen LogP contribution >= 0.6 is 21.5 Å². The van der Waals surface area contributed by atoms with Gasteiger partial charge in [0.1, 0.15) is 0 Å². The Kier molecular flexibility index (Phi) is 13.6. The minimum atomic E-state index is -6.51. The van der Waals surface area contributed by atoms with E-state index in [9.17, 15) is 32.2 Å². The molecule has 23 heteroatoms. The first kappa shape index (κ1) is 36.8. The number of aromatic nitrogens is 2. The topological polar surface area (TPSA) is 252 Å². The van der Waals surface area contributed by atoms with Crippen molar-refractivity contribution in [2.45, 2.75) is 57.9 Å². The number of nitrogens with two attached hydrogens (primary N) is 1. The summed E-state index contributed by atoms with van der Waals surface area (Å²) in [7, 11) is -13.0. The molecule has 1 aliphatic rings. The van der Waals surface area contributed by atoms with Gasteiger partial charge in [0.2, 0.25) is 0 Å². The summed E-state index contributed by atoms with van der Waals surface area (Å²) < 4.78 is 77.0. The molecule has 0 bridgehead atoms. The van der Waals surface area contributed by atoms with Gasteiger partial charge in [-0.25, -0.2) is 0 Å². The number of alkyl halides is 2. The summed E-state index contributed by atoms with van der Waals surface area (Å²) in [5, 5.41) is -2.13. The summed E-state index contributed by atoms with van der Waals surface area (Å²) in [5.74, 6) is -0.0270. The predicted molar refractivity (Wildman–Crippen MR) is 140 cm³/mol. The van der Waals surface area contributed by atoms with Crippen molar-refractivity contribution in [3.05, 3.63) is 32.7 Å². The Bertz CT molecular complexity index is 1270. The van der Waals surface area contributed by atoms with Gasteiger partial charge in [-0.2, -0.15) is 0 Å². The molecular formula is C17H31F2N7O10P3Se. The second-order valence-corrected chi connectivity index (χ2v) is 16.4. The summed E-state index contributed by atoms with van der Waals surface area (Å²) in [6, 6.07) is -1.04. The monoisotopic (exact) mass is 704 g/mol. The molecular weight excluding hydrogens is 672 g/mol. The molecule has 1 saturated heterocycles. The van der Waals surface area contributed by atoms with Crippen molar-refractivity contribution in [3.63, 3.8) is 0 Å². The second kappa shape index (κ2) is 14.8. The zero-order valence-electron chi connectivity index (χ0n) is 21.8. The number of aryl methyl sites for hydroxylation is 1. The molecule has 2 rings (SSSR count). The second-order valence-electron chi connectivity index (χ2n) is 8.15. The summed E-state index contributed by atoms with van der Waals surface area (Å²) in [6.45, 7) is 10.8. The number of nitrogens with zero attached hydrogens (tertiary/aromatic N) is 6. The Morgan fingerprint density at radius 3 is 2.30 bits per heavy atom. The van der Waals surface area contributed by atoms with Crippen LogP contribution in [0.3, 0.4) is 0 Å². The van der Waals surface area contributed by atoms with Gasteiger partial charge >= 0.3 is 190 Å². The number of azide groups is 1. The molecule has 0 saturated carbocycles. The first-order valence-corrected chi connectivity index (χ1v) is 18.4. The molecule has 1 aliphatic heterocycles. The van der Waals surface area contributed by atoms with E-state index in [1.54, 1.807) is 22.5 Å². The van der Waals surface area contributed by atoms with Crippen molar-refractivity contribution >= 4 is 42.9 Å². The molecule has 0 aliphatic carbocycles. The Morgan fingerprint density at radius 2 is 1.85 bits per heavy atom. The maximum atomic E-state index is 13.6. The van der Waals surface area contributed by atoms with Crippen LogP contribution in [-0.2, 0) is 27.3 Å². The van der Waals surface area contributed by atoms with E-state index < -0.39 is 57.6 Å². The van der Waals surface area contributed by atoms with Crippen LogP contribution in [0.5, 0.6) is 0 Å². The maximum absolute atomic E-state index is 13.6. The number of rotatable bonds is 12. The van der Waals surface area contributed by atoms with Crippen LogP contribution in [0.2, 0.25) is 0 Å². The molecule has 0 amide bonds. The zero-order valence-corrected chi connectivity index (χ0v) is 26.2. The Morgan fingerprint density at radius 1 is 1.30 bits per heavy atom. The molecule has 1 aromatic heterocycles. The van der Waals surface area contributed by atoms with E-state index in [-0.39, 0.29) is 12.2 Å². The number of nitrogen functional groups attached to an aromatic ring is 1. The minimum absolute atomic E-state index is 0.0270. The average molecular weight is 703 g/mol. The van der Waals surface area contributed by atoms with Crippen LogP contribution in [0.4, 0.5) is 14.6 Å². The Balaban J connectivity index is 0.00000101.